The van der Waals surface area contributed by atoms with E-state index in [0.29, 0.717) is 49.1 Å². The lowest BCUT2D eigenvalue weighted by Gasteiger charge is -2.43. The maximum Gasteiger partial charge on any atom is 0.225 e. The monoisotopic (exact) mass is 488 g/mol. The molecule has 2 aliphatic carbocycles. The molecule has 2 aromatic rings. The van der Waals surface area contributed by atoms with Gasteiger partial charge in [0.25, 0.3) is 0 Å². The Bertz CT molecular complexity index is 1180. The van der Waals surface area contributed by atoms with Crippen molar-refractivity contribution in [2.24, 2.45) is 5.92 Å². The number of carbonyl (C=O) groups excluding carboxylic acids is 1. The number of carbonyl (C=O) groups is 1. The number of aliphatic hydroxyl groups excluding tert-OH is 1. The number of piperazine rings is 1. The molecule has 1 unspecified atom stereocenters. The number of anilines is 3. The summed E-state index contributed by atoms with van der Waals surface area (Å²) in [4.78, 5) is 26.6. The van der Waals surface area contributed by atoms with Gasteiger partial charge in [-0.1, -0.05) is 0 Å². The molecule has 6 rings (SSSR count). The molecule has 36 heavy (non-hydrogen) atoms. The van der Waals surface area contributed by atoms with Crippen LogP contribution in [0.4, 0.5) is 17.2 Å². The standard InChI is InChI=1S/C27H32N6O3/c28-14-19-11-23(30-20-5-7-29-21(12-20)16-34)26(18-3-4-18)31-27(19)32-8-9-33(24(15-32)17-1-2-17)25(35)13-22-6-10-36-22/h5,7,11-12,17-18,22,24,34H,1-4,6,8-10,13,15-16H2,(H,29,30)/t22-,24?/m1/s1. The molecule has 9 nitrogen and oxygen atoms in total. The van der Waals surface area contributed by atoms with Crippen LogP contribution in [0, 0.1) is 17.2 Å². The molecule has 1 amide bonds. The highest BCUT2D eigenvalue weighted by atomic mass is 16.5. The molecule has 2 saturated heterocycles. The van der Waals surface area contributed by atoms with Gasteiger partial charge in [-0.2, -0.15) is 5.26 Å². The van der Waals surface area contributed by atoms with Gasteiger partial charge in [-0.25, -0.2) is 4.98 Å². The predicted molar refractivity (Wildman–Crippen MR) is 134 cm³/mol. The van der Waals surface area contributed by atoms with Gasteiger partial charge < -0.3 is 25.0 Å². The average molecular weight is 489 g/mol. The number of nitrogens with zero attached hydrogens (tertiary/aromatic N) is 5. The lowest BCUT2D eigenvalue weighted by Crippen LogP contribution is -2.57. The van der Waals surface area contributed by atoms with Crippen molar-refractivity contribution in [1.82, 2.24) is 14.9 Å². The van der Waals surface area contributed by atoms with Gasteiger partial charge in [-0.3, -0.25) is 9.78 Å². The third kappa shape index (κ3) is 4.75. The summed E-state index contributed by atoms with van der Waals surface area (Å²) >= 11 is 0. The zero-order valence-corrected chi connectivity index (χ0v) is 20.4. The minimum Gasteiger partial charge on any atom is -0.390 e. The van der Waals surface area contributed by atoms with E-state index in [1.807, 2.05) is 18.2 Å². The van der Waals surface area contributed by atoms with Crippen molar-refractivity contribution >= 4 is 23.1 Å². The van der Waals surface area contributed by atoms with Gasteiger partial charge in [0.15, 0.2) is 0 Å². The van der Waals surface area contributed by atoms with Crippen LogP contribution < -0.4 is 10.2 Å². The molecule has 2 N–H and O–H groups in total. The highest BCUT2D eigenvalue weighted by Crippen LogP contribution is 2.45. The first-order valence-electron chi connectivity index (χ1n) is 13.1. The largest absolute Gasteiger partial charge is 0.390 e. The summed E-state index contributed by atoms with van der Waals surface area (Å²) in [5, 5.41) is 22.9. The topological polar surface area (TPSA) is 115 Å². The Morgan fingerprint density at radius 1 is 1.22 bits per heavy atom. The van der Waals surface area contributed by atoms with Crippen LogP contribution in [0.1, 0.15) is 61.4 Å². The van der Waals surface area contributed by atoms with E-state index in [2.05, 4.69) is 26.2 Å². The van der Waals surface area contributed by atoms with E-state index in [4.69, 9.17) is 9.72 Å². The van der Waals surface area contributed by atoms with Crippen LogP contribution in [0.2, 0.25) is 0 Å². The van der Waals surface area contributed by atoms with Gasteiger partial charge in [0, 0.05) is 44.0 Å². The number of amides is 1. The molecule has 4 fully saturated rings. The molecule has 2 aliphatic heterocycles. The van der Waals surface area contributed by atoms with E-state index in [1.54, 1.807) is 6.20 Å². The van der Waals surface area contributed by atoms with Crippen LogP contribution in [-0.2, 0) is 16.1 Å². The Morgan fingerprint density at radius 3 is 2.72 bits per heavy atom. The molecule has 2 saturated carbocycles. The van der Waals surface area contributed by atoms with Crippen LogP contribution in [-0.4, -0.2) is 64.3 Å². The van der Waals surface area contributed by atoms with Crippen LogP contribution in [0.5, 0.6) is 0 Å². The fraction of sp³-hybridized carbons (Fsp3) is 0.556. The molecule has 9 heteroatoms. The number of rotatable bonds is 8. The third-order valence-electron chi connectivity index (χ3n) is 7.77. The maximum absolute atomic E-state index is 13.1. The number of hydrogen-bond acceptors (Lipinski definition) is 8. The minimum atomic E-state index is -0.129. The van der Waals surface area contributed by atoms with Gasteiger partial charge in [0.2, 0.25) is 5.91 Å². The Labute approximate surface area is 211 Å². The number of nitriles is 1. The lowest BCUT2D eigenvalue weighted by molar-refractivity contribution is -0.142. The first kappa shape index (κ1) is 23.2. The number of hydrogen-bond donors (Lipinski definition) is 2. The second-order valence-corrected chi connectivity index (χ2v) is 10.4. The fourth-order valence-electron chi connectivity index (χ4n) is 5.36. The number of nitrogens with one attached hydrogen (secondary N) is 1. The first-order valence-corrected chi connectivity index (χ1v) is 13.1. The Balaban J connectivity index is 1.25. The second kappa shape index (κ2) is 9.68. The SMILES string of the molecule is N#Cc1cc(Nc2ccnc(CO)c2)c(C2CC2)nc1N1CCN(C(=O)C[C@H]2CCO2)C(C2CC2)C1. The van der Waals surface area contributed by atoms with Gasteiger partial charge in [0.05, 0.1) is 47.8 Å². The number of aromatic nitrogens is 2. The van der Waals surface area contributed by atoms with Crippen molar-refractivity contribution in [2.75, 3.05) is 36.5 Å². The number of pyridine rings is 2. The maximum atomic E-state index is 13.1. The third-order valence-corrected chi connectivity index (χ3v) is 7.77. The lowest BCUT2D eigenvalue weighted by atomic mass is 10.0. The summed E-state index contributed by atoms with van der Waals surface area (Å²) in [5.41, 5.74) is 3.75. The van der Waals surface area contributed by atoms with Crippen molar-refractivity contribution in [1.29, 1.82) is 5.26 Å². The summed E-state index contributed by atoms with van der Waals surface area (Å²) < 4.78 is 5.51. The van der Waals surface area contributed by atoms with Gasteiger partial charge in [0.1, 0.15) is 11.9 Å². The van der Waals surface area contributed by atoms with E-state index in [9.17, 15) is 15.2 Å². The summed E-state index contributed by atoms with van der Waals surface area (Å²) in [5.74, 6) is 1.84. The average Bonchev–Trinajstić information content (AvgIpc) is 3.79. The zero-order valence-electron chi connectivity index (χ0n) is 20.4. The highest BCUT2D eigenvalue weighted by molar-refractivity contribution is 5.78. The van der Waals surface area contributed by atoms with Gasteiger partial charge in [-0.05, 0) is 56.2 Å². The van der Waals surface area contributed by atoms with Crippen LogP contribution in [0.15, 0.2) is 24.4 Å². The Kier molecular flexibility index (Phi) is 6.23. The predicted octanol–water partition coefficient (Wildman–Crippen LogP) is 3.07. The van der Waals surface area contributed by atoms with E-state index >= 15 is 0 Å². The molecular weight excluding hydrogens is 456 g/mol. The molecule has 0 radical (unpaired) electrons. The highest BCUT2D eigenvalue weighted by Gasteiger charge is 2.42. The van der Waals surface area contributed by atoms with Crippen molar-refractivity contribution in [3.63, 3.8) is 0 Å². The molecule has 0 spiro atoms. The minimum absolute atomic E-state index is 0.0808. The zero-order chi connectivity index (χ0) is 24.6. The van der Waals surface area contributed by atoms with Gasteiger partial charge in [-0.15, -0.1) is 0 Å². The molecule has 0 aromatic carbocycles. The molecule has 4 heterocycles. The first-order chi connectivity index (χ1) is 17.6. The van der Waals surface area contributed by atoms with E-state index in [1.165, 1.54) is 0 Å². The summed E-state index contributed by atoms with van der Waals surface area (Å²) in [6, 6.07) is 8.10. The van der Waals surface area contributed by atoms with Crippen molar-refractivity contribution in [3.05, 3.63) is 41.3 Å². The van der Waals surface area contributed by atoms with Crippen LogP contribution in [0.3, 0.4) is 0 Å². The van der Waals surface area contributed by atoms with Crippen molar-refractivity contribution in [2.45, 2.75) is 63.2 Å². The second-order valence-electron chi connectivity index (χ2n) is 10.4. The van der Waals surface area contributed by atoms with E-state index in [-0.39, 0.29) is 24.7 Å². The summed E-state index contributed by atoms with van der Waals surface area (Å²) in [6.45, 7) is 2.67. The van der Waals surface area contributed by atoms with Crippen molar-refractivity contribution < 1.29 is 14.6 Å². The smallest absolute Gasteiger partial charge is 0.225 e. The number of ether oxygens (including phenoxy) is 1. The van der Waals surface area contributed by atoms with Gasteiger partial charge >= 0.3 is 0 Å². The van der Waals surface area contributed by atoms with Crippen molar-refractivity contribution in [3.8, 4) is 6.07 Å². The Hall–Kier alpha value is -3.22. The molecular formula is C27H32N6O3. The normalized spacial score (nSPS) is 23.7. The summed E-state index contributed by atoms with van der Waals surface area (Å²) in [7, 11) is 0. The van der Waals surface area contributed by atoms with Crippen LogP contribution in [0.25, 0.3) is 0 Å². The van der Waals surface area contributed by atoms with Crippen LogP contribution >= 0.6 is 0 Å². The molecule has 0 bridgehead atoms. The number of aliphatic hydroxyl groups is 1. The molecule has 188 valence electrons. The summed E-state index contributed by atoms with van der Waals surface area (Å²) in [6.07, 6.45) is 7.66. The molecule has 2 aromatic heterocycles. The quantitative estimate of drug-likeness (QED) is 0.583. The fourth-order valence-corrected chi connectivity index (χ4v) is 5.36. The molecule has 2 atom stereocenters. The van der Waals surface area contributed by atoms with E-state index in [0.717, 1.165) is 61.6 Å². The molecule has 4 aliphatic rings. The Morgan fingerprint density at radius 2 is 2.06 bits per heavy atom. The van der Waals surface area contributed by atoms with E-state index < -0.39 is 0 Å².